The molecule has 1 heterocycles. The molecule has 0 aliphatic carbocycles. The van der Waals surface area contributed by atoms with E-state index in [-0.39, 0.29) is 38.3 Å². The Bertz CT molecular complexity index is 694. The lowest BCUT2D eigenvalue weighted by molar-refractivity contribution is -0.144. The molecule has 29 heavy (non-hydrogen) atoms. The molecule has 1 saturated heterocycles. The van der Waals surface area contributed by atoms with Gasteiger partial charge in [-0.3, -0.25) is 4.79 Å². The summed E-state index contributed by atoms with van der Waals surface area (Å²) < 4.78 is 10.4. The number of ether oxygens (including phenoxy) is 2. The molecule has 0 radical (unpaired) electrons. The van der Waals surface area contributed by atoms with Gasteiger partial charge in [-0.1, -0.05) is 30.3 Å². The molecule has 2 amide bonds. The molecular formula is C21H30N2O6. The minimum absolute atomic E-state index is 0.0208. The Morgan fingerprint density at radius 1 is 1.17 bits per heavy atom. The highest BCUT2D eigenvalue weighted by atomic mass is 16.6. The van der Waals surface area contributed by atoms with Crippen molar-refractivity contribution in [3.8, 4) is 0 Å². The van der Waals surface area contributed by atoms with Gasteiger partial charge in [0.25, 0.3) is 0 Å². The minimum Gasteiger partial charge on any atom is -0.466 e. The summed E-state index contributed by atoms with van der Waals surface area (Å²) in [7, 11) is 0. The minimum atomic E-state index is -1.11. The summed E-state index contributed by atoms with van der Waals surface area (Å²) in [5.41, 5.74) is 0.884. The van der Waals surface area contributed by atoms with Gasteiger partial charge in [0.1, 0.15) is 6.61 Å². The Balaban J connectivity index is 2.04. The van der Waals surface area contributed by atoms with Crippen LogP contribution < -0.4 is 0 Å². The fraction of sp³-hybridized carbons (Fsp3) is 0.571. The Morgan fingerprint density at radius 2 is 1.86 bits per heavy atom. The lowest BCUT2D eigenvalue weighted by Gasteiger charge is -2.43. The Labute approximate surface area is 171 Å². The average molecular weight is 406 g/mol. The summed E-state index contributed by atoms with van der Waals surface area (Å²) in [6, 6.07) is 8.48. The molecule has 2 atom stereocenters. The van der Waals surface area contributed by atoms with Crippen LogP contribution in [0.5, 0.6) is 0 Å². The van der Waals surface area contributed by atoms with Crippen LogP contribution in [0.2, 0.25) is 0 Å². The number of carboxylic acid groups (broad SMARTS) is 1. The molecular weight excluding hydrogens is 376 g/mol. The van der Waals surface area contributed by atoms with Crippen LogP contribution in [-0.4, -0.2) is 64.3 Å². The van der Waals surface area contributed by atoms with Crippen LogP contribution in [0, 0.1) is 0 Å². The zero-order valence-corrected chi connectivity index (χ0v) is 17.2. The van der Waals surface area contributed by atoms with Crippen LogP contribution in [0.25, 0.3) is 0 Å². The third kappa shape index (κ3) is 6.37. The average Bonchev–Trinajstić information content (AvgIpc) is 2.68. The van der Waals surface area contributed by atoms with E-state index in [2.05, 4.69) is 0 Å². The van der Waals surface area contributed by atoms with Crippen LogP contribution >= 0.6 is 0 Å². The summed E-state index contributed by atoms with van der Waals surface area (Å²) >= 11 is 0. The van der Waals surface area contributed by atoms with E-state index in [9.17, 15) is 19.5 Å². The Hall–Kier alpha value is -2.77. The van der Waals surface area contributed by atoms with Gasteiger partial charge in [0, 0.05) is 18.6 Å². The van der Waals surface area contributed by atoms with E-state index in [1.54, 1.807) is 11.8 Å². The van der Waals surface area contributed by atoms with Crippen molar-refractivity contribution in [2.75, 3.05) is 13.2 Å². The normalized spacial score (nSPS) is 19.0. The molecule has 0 spiro atoms. The topological polar surface area (TPSA) is 96.4 Å². The first kappa shape index (κ1) is 22.5. The van der Waals surface area contributed by atoms with E-state index in [4.69, 9.17) is 9.47 Å². The first-order valence-electron chi connectivity index (χ1n) is 9.97. The van der Waals surface area contributed by atoms with Crippen molar-refractivity contribution >= 4 is 18.2 Å². The molecule has 1 aromatic rings. The van der Waals surface area contributed by atoms with Crippen LogP contribution in [0.4, 0.5) is 9.59 Å². The zero-order valence-electron chi connectivity index (χ0n) is 17.2. The summed E-state index contributed by atoms with van der Waals surface area (Å²) in [4.78, 5) is 39.1. The third-order valence-corrected chi connectivity index (χ3v) is 5.00. The highest BCUT2D eigenvalue weighted by Crippen LogP contribution is 2.26. The first-order valence-corrected chi connectivity index (χ1v) is 9.97. The number of piperidine rings is 1. The SMILES string of the molecule is CCOC(=O)C[C@H]1CC[C@@H](N(C(=O)OCc2ccccc2)C(C)C)CN1C(=O)O. The predicted octanol–water partition coefficient (Wildman–Crippen LogP) is 3.50. The smallest absolute Gasteiger partial charge is 0.410 e. The number of benzene rings is 1. The number of nitrogens with zero attached hydrogens (tertiary/aromatic N) is 2. The molecule has 8 heteroatoms. The molecule has 0 bridgehead atoms. The van der Waals surface area contributed by atoms with E-state index < -0.39 is 24.2 Å². The summed E-state index contributed by atoms with van der Waals surface area (Å²) in [5.74, 6) is -0.412. The maximum absolute atomic E-state index is 12.7. The van der Waals surface area contributed by atoms with E-state index in [1.165, 1.54) is 4.90 Å². The Kier molecular flexibility index (Phi) is 8.30. The molecule has 0 saturated carbocycles. The summed E-state index contributed by atoms with van der Waals surface area (Å²) in [6.45, 7) is 6.02. The monoisotopic (exact) mass is 406 g/mol. The van der Waals surface area contributed by atoms with Gasteiger partial charge in [0.15, 0.2) is 0 Å². The van der Waals surface area contributed by atoms with Gasteiger partial charge >= 0.3 is 18.2 Å². The second-order valence-corrected chi connectivity index (χ2v) is 7.37. The van der Waals surface area contributed by atoms with Gasteiger partial charge in [0.05, 0.1) is 19.1 Å². The maximum Gasteiger partial charge on any atom is 0.410 e. The third-order valence-electron chi connectivity index (χ3n) is 5.00. The van der Waals surface area contributed by atoms with Crippen molar-refractivity contribution in [3.05, 3.63) is 35.9 Å². The molecule has 1 aromatic carbocycles. The number of hydrogen-bond acceptors (Lipinski definition) is 5. The largest absolute Gasteiger partial charge is 0.466 e. The highest BCUT2D eigenvalue weighted by Gasteiger charge is 2.38. The quantitative estimate of drug-likeness (QED) is 0.696. The van der Waals surface area contributed by atoms with Gasteiger partial charge < -0.3 is 24.4 Å². The second kappa shape index (κ2) is 10.7. The van der Waals surface area contributed by atoms with Gasteiger partial charge in [-0.05, 0) is 39.2 Å². The van der Waals surface area contributed by atoms with E-state index in [0.717, 1.165) is 5.56 Å². The van der Waals surface area contributed by atoms with Gasteiger partial charge in [-0.15, -0.1) is 0 Å². The number of rotatable bonds is 7. The van der Waals surface area contributed by atoms with Crippen LogP contribution in [-0.2, 0) is 20.9 Å². The fourth-order valence-electron chi connectivity index (χ4n) is 3.67. The fourth-order valence-corrected chi connectivity index (χ4v) is 3.67. The molecule has 1 fully saturated rings. The predicted molar refractivity (Wildman–Crippen MR) is 106 cm³/mol. The van der Waals surface area contributed by atoms with Gasteiger partial charge in [0.2, 0.25) is 0 Å². The number of carbonyl (C=O) groups is 3. The van der Waals surface area contributed by atoms with Gasteiger partial charge in [-0.2, -0.15) is 0 Å². The second-order valence-electron chi connectivity index (χ2n) is 7.37. The number of likely N-dealkylation sites (tertiary alicyclic amines) is 1. The standard InChI is InChI=1S/C21H30N2O6/c1-4-28-19(24)12-17-10-11-18(13-22(17)20(25)26)23(15(2)3)21(27)29-14-16-8-6-5-7-9-16/h5-9,15,17-18H,4,10-14H2,1-3H3,(H,25,26)/t17-,18-/m1/s1. The molecule has 1 N–H and O–H groups in total. The van der Waals surface area contributed by atoms with E-state index >= 15 is 0 Å². The summed E-state index contributed by atoms with van der Waals surface area (Å²) in [5, 5.41) is 9.62. The van der Waals surface area contributed by atoms with Crippen molar-refractivity contribution < 1.29 is 29.0 Å². The van der Waals surface area contributed by atoms with Crippen LogP contribution in [0.1, 0.15) is 45.6 Å². The van der Waals surface area contributed by atoms with Crippen molar-refractivity contribution in [1.82, 2.24) is 9.80 Å². The lowest BCUT2D eigenvalue weighted by atomic mass is 9.95. The Morgan fingerprint density at radius 3 is 2.45 bits per heavy atom. The zero-order chi connectivity index (χ0) is 21.4. The first-order chi connectivity index (χ1) is 13.8. The maximum atomic E-state index is 12.7. The van der Waals surface area contributed by atoms with E-state index in [1.807, 2.05) is 44.2 Å². The molecule has 1 aliphatic heterocycles. The van der Waals surface area contributed by atoms with Crippen LogP contribution in [0.15, 0.2) is 30.3 Å². The molecule has 1 aliphatic rings. The molecule has 160 valence electrons. The van der Waals surface area contributed by atoms with Crippen molar-refractivity contribution in [1.29, 1.82) is 0 Å². The molecule has 8 nitrogen and oxygen atoms in total. The van der Waals surface area contributed by atoms with Crippen LogP contribution in [0.3, 0.4) is 0 Å². The van der Waals surface area contributed by atoms with E-state index in [0.29, 0.717) is 12.8 Å². The molecule has 0 unspecified atom stereocenters. The molecule has 0 aromatic heterocycles. The number of esters is 1. The van der Waals surface area contributed by atoms with Crippen molar-refractivity contribution in [2.45, 2.75) is 64.8 Å². The van der Waals surface area contributed by atoms with Crippen molar-refractivity contribution in [2.24, 2.45) is 0 Å². The summed E-state index contributed by atoms with van der Waals surface area (Å²) in [6.07, 6.45) is -0.488. The number of carbonyl (C=O) groups excluding carboxylic acids is 2. The number of amides is 2. The lowest BCUT2D eigenvalue weighted by Crippen LogP contribution is -2.57. The number of hydrogen-bond donors (Lipinski definition) is 1. The van der Waals surface area contributed by atoms with Gasteiger partial charge in [-0.25, -0.2) is 9.59 Å². The van der Waals surface area contributed by atoms with Crippen molar-refractivity contribution in [3.63, 3.8) is 0 Å². The highest BCUT2D eigenvalue weighted by molar-refractivity contribution is 5.72. The molecule has 2 rings (SSSR count).